The van der Waals surface area contributed by atoms with Crippen LogP contribution in [0.2, 0.25) is 0 Å². The molecule has 0 amide bonds. The third kappa shape index (κ3) is 2.03. The normalized spacial score (nSPS) is 10.1. The highest BCUT2D eigenvalue weighted by molar-refractivity contribution is 5.47. The number of benzene rings is 1. The fourth-order valence-electron chi connectivity index (χ4n) is 1.19. The molecule has 0 radical (unpaired) electrons. The van der Waals surface area contributed by atoms with E-state index in [0.717, 1.165) is 5.56 Å². The summed E-state index contributed by atoms with van der Waals surface area (Å²) in [5, 5.41) is 0. The van der Waals surface area contributed by atoms with Gasteiger partial charge in [0.05, 0.1) is 6.33 Å². The fraction of sp³-hybridized carbons (Fsp3) is 0.0909. The number of ether oxygens (including phenoxy) is 1. The summed E-state index contributed by atoms with van der Waals surface area (Å²) < 4.78 is 5.39. The van der Waals surface area contributed by atoms with Crippen molar-refractivity contribution in [2.24, 2.45) is 0 Å². The highest BCUT2D eigenvalue weighted by Gasteiger charge is 2.06. The molecule has 1 aromatic heterocycles. The van der Waals surface area contributed by atoms with E-state index < -0.39 is 5.56 Å². The molecule has 0 saturated heterocycles. The zero-order chi connectivity index (χ0) is 11.5. The smallest absolute Gasteiger partial charge is 0.277 e. The first-order valence-corrected chi connectivity index (χ1v) is 4.74. The van der Waals surface area contributed by atoms with Crippen LogP contribution in [-0.2, 0) is 0 Å². The molecule has 16 heavy (non-hydrogen) atoms. The van der Waals surface area contributed by atoms with Crippen molar-refractivity contribution in [1.29, 1.82) is 0 Å². The van der Waals surface area contributed by atoms with Crippen LogP contribution in [0.3, 0.4) is 0 Å². The highest BCUT2D eigenvalue weighted by atomic mass is 16.5. The van der Waals surface area contributed by atoms with Gasteiger partial charge in [-0.05, 0) is 19.1 Å². The van der Waals surface area contributed by atoms with Gasteiger partial charge in [0.2, 0.25) is 5.88 Å². The lowest BCUT2D eigenvalue weighted by Gasteiger charge is -2.05. The van der Waals surface area contributed by atoms with E-state index in [1.165, 1.54) is 6.33 Å². The summed E-state index contributed by atoms with van der Waals surface area (Å²) in [4.78, 5) is 17.4. The van der Waals surface area contributed by atoms with Crippen LogP contribution < -0.4 is 16.0 Å². The van der Waals surface area contributed by atoms with E-state index in [0.29, 0.717) is 5.75 Å². The molecule has 5 heteroatoms. The van der Waals surface area contributed by atoms with E-state index in [2.05, 4.69) is 9.97 Å². The van der Waals surface area contributed by atoms with E-state index in [-0.39, 0.29) is 11.6 Å². The molecular formula is C11H11N3O2. The van der Waals surface area contributed by atoms with Crippen molar-refractivity contribution >= 4 is 5.69 Å². The second kappa shape index (κ2) is 4.06. The first-order chi connectivity index (χ1) is 7.66. The Morgan fingerprint density at radius 1 is 1.31 bits per heavy atom. The second-order valence-electron chi connectivity index (χ2n) is 3.37. The van der Waals surface area contributed by atoms with Gasteiger partial charge >= 0.3 is 0 Å². The zero-order valence-corrected chi connectivity index (χ0v) is 8.73. The van der Waals surface area contributed by atoms with Crippen LogP contribution in [0.5, 0.6) is 11.6 Å². The highest BCUT2D eigenvalue weighted by Crippen LogP contribution is 2.21. The van der Waals surface area contributed by atoms with Crippen molar-refractivity contribution in [1.82, 2.24) is 9.97 Å². The molecular weight excluding hydrogens is 206 g/mol. The number of H-pyrrole nitrogens is 1. The molecule has 0 fully saturated rings. The Hall–Kier alpha value is -2.30. The third-order valence-electron chi connectivity index (χ3n) is 2.09. The Morgan fingerprint density at radius 2 is 2.00 bits per heavy atom. The number of rotatable bonds is 2. The maximum atomic E-state index is 11.2. The molecule has 0 spiro atoms. The van der Waals surface area contributed by atoms with Crippen LogP contribution in [0.1, 0.15) is 5.56 Å². The molecule has 2 aromatic rings. The van der Waals surface area contributed by atoms with Gasteiger partial charge in [0.15, 0.2) is 5.69 Å². The van der Waals surface area contributed by atoms with Crippen molar-refractivity contribution < 1.29 is 4.74 Å². The van der Waals surface area contributed by atoms with Crippen molar-refractivity contribution in [3.05, 3.63) is 46.5 Å². The number of hydrogen-bond donors (Lipinski definition) is 2. The molecule has 2 rings (SSSR count). The van der Waals surface area contributed by atoms with Crippen LogP contribution in [0.15, 0.2) is 35.4 Å². The Bertz CT molecular complexity index is 546. The largest absolute Gasteiger partial charge is 0.437 e. The van der Waals surface area contributed by atoms with Crippen molar-refractivity contribution in [3.8, 4) is 11.6 Å². The number of nitrogens with zero attached hydrogens (tertiary/aromatic N) is 1. The Balaban J connectivity index is 2.30. The Morgan fingerprint density at radius 3 is 2.69 bits per heavy atom. The number of nitrogens with one attached hydrogen (secondary N) is 1. The number of nitrogen functional groups attached to an aromatic ring is 1. The molecule has 3 N–H and O–H groups in total. The summed E-state index contributed by atoms with van der Waals surface area (Å²) >= 11 is 0. The van der Waals surface area contributed by atoms with Gasteiger partial charge in [-0.2, -0.15) is 0 Å². The van der Waals surface area contributed by atoms with E-state index in [1.807, 2.05) is 19.1 Å². The number of aromatic amines is 1. The summed E-state index contributed by atoms with van der Waals surface area (Å²) in [6, 6.07) is 7.38. The lowest BCUT2D eigenvalue weighted by molar-refractivity contribution is 0.463. The van der Waals surface area contributed by atoms with Crippen molar-refractivity contribution in [2.45, 2.75) is 6.92 Å². The number of aromatic nitrogens is 2. The quantitative estimate of drug-likeness (QED) is 0.797. The average molecular weight is 217 g/mol. The maximum absolute atomic E-state index is 11.2. The monoisotopic (exact) mass is 217 g/mol. The van der Waals surface area contributed by atoms with E-state index >= 15 is 0 Å². The topological polar surface area (TPSA) is 81.0 Å². The molecule has 0 atom stereocenters. The van der Waals surface area contributed by atoms with Crippen LogP contribution >= 0.6 is 0 Å². The van der Waals surface area contributed by atoms with Gasteiger partial charge in [-0.15, -0.1) is 0 Å². The molecule has 5 nitrogen and oxygen atoms in total. The minimum absolute atomic E-state index is 0.0249. The summed E-state index contributed by atoms with van der Waals surface area (Å²) in [7, 11) is 0. The molecule has 1 aromatic carbocycles. The first-order valence-electron chi connectivity index (χ1n) is 4.74. The van der Waals surface area contributed by atoms with Gasteiger partial charge in [-0.3, -0.25) is 4.79 Å². The first kappa shape index (κ1) is 10.2. The molecule has 82 valence electrons. The van der Waals surface area contributed by atoms with E-state index in [9.17, 15) is 4.79 Å². The number of aryl methyl sites for hydroxylation is 1. The van der Waals surface area contributed by atoms with Gasteiger partial charge in [0.25, 0.3) is 5.56 Å². The summed E-state index contributed by atoms with van der Waals surface area (Å²) in [5.74, 6) is 0.711. The lowest BCUT2D eigenvalue weighted by atomic mass is 10.2. The van der Waals surface area contributed by atoms with Gasteiger partial charge in [-0.1, -0.05) is 17.7 Å². The molecule has 0 bridgehead atoms. The molecule has 1 heterocycles. The van der Waals surface area contributed by atoms with Crippen molar-refractivity contribution in [3.63, 3.8) is 0 Å². The lowest BCUT2D eigenvalue weighted by Crippen LogP contribution is -2.13. The van der Waals surface area contributed by atoms with E-state index in [4.69, 9.17) is 10.5 Å². The summed E-state index contributed by atoms with van der Waals surface area (Å²) in [6.45, 7) is 1.98. The standard InChI is InChI=1S/C11H11N3O2/c1-7-2-4-8(5-3-7)16-11-9(12)10(15)13-6-14-11/h2-6H,12H2,1H3,(H,13,14,15). The van der Waals surface area contributed by atoms with Gasteiger partial charge in [-0.25, -0.2) is 4.98 Å². The molecule has 0 unspecified atom stereocenters. The minimum Gasteiger partial charge on any atom is -0.437 e. The predicted octanol–water partition coefficient (Wildman–Crippen LogP) is 1.45. The van der Waals surface area contributed by atoms with Crippen LogP contribution in [0.25, 0.3) is 0 Å². The average Bonchev–Trinajstić information content (AvgIpc) is 2.28. The molecule has 0 saturated carbocycles. The maximum Gasteiger partial charge on any atom is 0.277 e. The summed E-state index contributed by atoms with van der Waals surface area (Å²) in [5.41, 5.74) is 6.22. The van der Waals surface area contributed by atoms with Gasteiger partial charge < -0.3 is 15.5 Å². The van der Waals surface area contributed by atoms with Crippen LogP contribution in [0, 0.1) is 6.92 Å². The number of hydrogen-bond acceptors (Lipinski definition) is 4. The van der Waals surface area contributed by atoms with Crippen LogP contribution in [0.4, 0.5) is 5.69 Å². The zero-order valence-electron chi connectivity index (χ0n) is 8.73. The molecule has 0 aliphatic heterocycles. The Kier molecular flexibility index (Phi) is 2.59. The molecule has 0 aliphatic rings. The fourth-order valence-corrected chi connectivity index (χ4v) is 1.19. The SMILES string of the molecule is Cc1ccc(Oc2nc[nH]c(=O)c2N)cc1. The van der Waals surface area contributed by atoms with E-state index in [1.54, 1.807) is 12.1 Å². The Labute approximate surface area is 91.9 Å². The third-order valence-corrected chi connectivity index (χ3v) is 2.09. The van der Waals surface area contributed by atoms with Gasteiger partial charge in [0, 0.05) is 0 Å². The van der Waals surface area contributed by atoms with Gasteiger partial charge in [0.1, 0.15) is 5.75 Å². The number of anilines is 1. The molecule has 0 aliphatic carbocycles. The summed E-state index contributed by atoms with van der Waals surface area (Å²) in [6.07, 6.45) is 1.25. The minimum atomic E-state index is -0.405. The van der Waals surface area contributed by atoms with Crippen LogP contribution in [-0.4, -0.2) is 9.97 Å². The van der Waals surface area contributed by atoms with Crippen molar-refractivity contribution in [2.75, 3.05) is 5.73 Å². The second-order valence-corrected chi connectivity index (χ2v) is 3.37. The number of nitrogens with two attached hydrogens (primary N) is 1. The predicted molar refractivity (Wildman–Crippen MR) is 60.5 cm³/mol.